The molecule has 1 aromatic rings. The zero-order chi connectivity index (χ0) is 12.6. The van der Waals surface area contributed by atoms with Gasteiger partial charge in [0.2, 0.25) is 0 Å². The predicted octanol–water partition coefficient (Wildman–Crippen LogP) is 3.50. The van der Waals surface area contributed by atoms with Crippen molar-refractivity contribution >= 4 is 5.78 Å². The number of ketones is 1. The number of rotatable bonds is 1. The monoisotopic (exact) mass is 242 g/mol. The molecule has 1 nitrogen and oxygen atoms in total. The first kappa shape index (κ1) is 12.1. The Labute approximate surface area is 97.6 Å². The molecule has 92 valence electrons. The number of Topliss-reactive ketones (excluding diaryl/α,β-unsaturated/α-hetero) is 1. The summed E-state index contributed by atoms with van der Waals surface area (Å²) < 4.78 is 39.7. The van der Waals surface area contributed by atoms with Gasteiger partial charge < -0.3 is 0 Å². The summed E-state index contributed by atoms with van der Waals surface area (Å²) in [6, 6.07) is 1.49. The molecule has 0 atom stereocenters. The molecule has 0 radical (unpaired) electrons. The van der Waals surface area contributed by atoms with Crippen LogP contribution >= 0.6 is 0 Å². The maximum atomic E-state index is 13.7. The summed E-state index contributed by atoms with van der Waals surface area (Å²) in [6.07, 6.45) is 1.70. The zero-order valence-electron chi connectivity index (χ0n) is 9.53. The molecule has 4 heteroatoms. The van der Waals surface area contributed by atoms with E-state index in [9.17, 15) is 18.0 Å². The lowest BCUT2D eigenvalue weighted by atomic mass is 9.70. The van der Waals surface area contributed by atoms with Crippen molar-refractivity contribution in [2.45, 2.75) is 38.0 Å². The van der Waals surface area contributed by atoms with E-state index < -0.39 is 22.9 Å². The van der Waals surface area contributed by atoms with Gasteiger partial charge in [-0.3, -0.25) is 4.79 Å². The van der Waals surface area contributed by atoms with Crippen LogP contribution in [0.2, 0.25) is 0 Å². The number of benzene rings is 1. The summed E-state index contributed by atoms with van der Waals surface area (Å²) in [5.74, 6) is -2.81. The highest BCUT2D eigenvalue weighted by Gasteiger charge is 2.34. The van der Waals surface area contributed by atoms with Crippen molar-refractivity contribution in [3.63, 3.8) is 0 Å². The van der Waals surface area contributed by atoms with Crippen LogP contribution in [0.3, 0.4) is 0 Å². The van der Waals surface area contributed by atoms with Gasteiger partial charge in [0.25, 0.3) is 0 Å². The van der Waals surface area contributed by atoms with Crippen LogP contribution in [0.4, 0.5) is 13.2 Å². The highest BCUT2D eigenvalue weighted by molar-refractivity contribution is 5.79. The fourth-order valence-corrected chi connectivity index (χ4v) is 2.34. The second kappa shape index (κ2) is 4.17. The maximum Gasteiger partial charge on any atom is 0.161 e. The Bertz CT molecular complexity index is 458. The predicted molar refractivity (Wildman–Crippen MR) is 57.1 cm³/mol. The molecule has 0 unspecified atom stereocenters. The maximum absolute atomic E-state index is 13.7. The third-order valence-corrected chi connectivity index (χ3v) is 3.57. The molecule has 0 saturated heterocycles. The van der Waals surface area contributed by atoms with Gasteiger partial charge in [-0.05, 0) is 29.9 Å². The van der Waals surface area contributed by atoms with Crippen LogP contribution < -0.4 is 0 Å². The van der Waals surface area contributed by atoms with E-state index in [-0.39, 0.29) is 11.3 Å². The first-order valence-corrected chi connectivity index (χ1v) is 5.59. The van der Waals surface area contributed by atoms with E-state index >= 15 is 0 Å². The van der Waals surface area contributed by atoms with Crippen LogP contribution in [0.1, 0.15) is 38.2 Å². The minimum absolute atomic E-state index is 0.144. The molecule has 0 aromatic heterocycles. The summed E-state index contributed by atoms with van der Waals surface area (Å²) in [6.45, 7) is 1.79. The molecule has 0 bridgehead atoms. The van der Waals surface area contributed by atoms with Crippen LogP contribution in [0.5, 0.6) is 0 Å². The van der Waals surface area contributed by atoms with Crippen molar-refractivity contribution in [2.24, 2.45) is 0 Å². The lowest BCUT2D eigenvalue weighted by Gasteiger charge is -2.33. The fourth-order valence-electron chi connectivity index (χ4n) is 2.34. The van der Waals surface area contributed by atoms with Gasteiger partial charge in [-0.2, -0.15) is 0 Å². The lowest BCUT2D eigenvalue weighted by Crippen LogP contribution is -2.30. The zero-order valence-corrected chi connectivity index (χ0v) is 9.53. The molecule has 0 heterocycles. The molecule has 2 rings (SSSR count). The molecule has 1 aliphatic carbocycles. The number of halogens is 3. The molecule has 1 fully saturated rings. The van der Waals surface area contributed by atoms with Gasteiger partial charge in [0, 0.05) is 18.9 Å². The van der Waals surface area contributed by atoms with Gasteiger partial charge >= 0.3 is 0 Å². The van der Waals surface area contributed by atoms with Crippen molar-refractivity contribution in [2.75, 3.05) is 0 Å². The first-order chi connectivity index (χ1) is 7.92. The second-order valence-electron chi connectivity index (χ2n) is 4.85. The van der Waals surface area contributed by atoms with Crippen molar-refractivity contribution in [3.05, 3.63) is 35.1 Å². The summed E-state index contributed by atoms with van der Waals surface area (Å²) in [4.78, 5) is 11.2. The summed E-state index contributed by atoms with van der Waals surface area (Å²) in [5, 5.41) is 0. The Balaban J connectivity index is 2.39. The largest absolute Gasteiger partial charge is 0.300 e. The van der Waals surface area contributed by atoms with Gasteiger partial charge in [-0.15, -0.1) is 0 Å². The molecule has 0 spiro atoms. The first-order valence-electron chi connectivity index (χ1n) is 5.59. The van der Waals surface area contributed by atoms with E-state index in [1.807, 2.05) is 0 Å². The molecule has 0 aliphatic heterocycles. The van der Waals surface area contributed by atoms with Gasteiger partial charge in [0.1, 0.15) is 11.6 Å². The lowest BCUT2D eigenvalue weighted by molar-refractivity contribution is -0.121. The third kappa shape index (κ3) is 2.21. The van der Waals surface area contributed by atoms with Gasteiger partial charge in [0.15, 0.2) is 11.6 Å². The fraction of sp³-hybridized carbons (Fsp3) is 0.462. The average molecular weight is 242 g/mol. The number of hydrogen-bond acceptors (Lipinski definition) is 1. The van der Waals surface area contributed by atoms with E-state index in [0.29, 0.717) is 31.7 Å². The van der Waals surface area contributed by atoms with Crippen molar-refractivity contribution in [3.8, 4) is 0 Å². The molecule has 1 aliphatic rings. The summed E-state index contributed by atoms with van der Waals surface area (Å²) >= 11 is 0. The van der Waals surface area contributed by atoms with Crippen LogP contribution in [-0.2, 0) is 10.2 Å². The molecule has 17 heavy (non-hydrogen) atoms. The summed E-state index contributed by atoms with van der Waals surface area (Å²) in [5.41, 5.74) is -0.407. The Morgan fingerprint density at radius 2 is 1.53 bits per heavy atom. The van der Waals surface area contributed by atoms with Gasteiger partial charge in [-0.1, -0.05) is 6.92 Å². The Hall–Kier alpha value is -1.32. The van der Waals surface area contributed by atoms with Crippen molar-refractivity contribution < 1.29 is 18.0 Å². The number of hydrogen-bond donors (Lipinski definition) is 0. The SMILES string of the molecule is CC1(c2cc(F)c(F)cc2F)CCC(=O)CC1. The Morgan fingerprint density at radius 1 is 1.00 bits per heavy atom. The van der Waals surface area contributed by atoms with Crippen LogP contribution in [0.25, 0.3) is 0 Å². The minimum Gasteiger partial charge on any atom is -0.300 e. The molecule has 0 amide bonds. The second-order valence-corrected chi connectivity index (χ2v) is 4.85. The molecular formula is C13H13F3O. The van der Waals surface area contributed by atoms with Crippen LogP contribution in [0.15, 0.2) is 12.1 Å². The topological polar surface area (TPSA) is 17.1 Å². The van der Waals surface area contributed by atoms with E-state index in [2.05, 4.69) is 0 Å². The Morgan fingerprint density at radius 3 is 2.12 bits per heavy atom. The van der Waals surface area contributed by atoms with Gasteiger partial charge in [0.05, 0.1) is 0 Å². The van der Waals surface area contributed by atoms with E-state index in [4.69, 9.17) is 0 Å². The molecule has 1 aromatic carbocycles. The highest BCUT2D eigenvalue weighted by atomic mass is 19.2. The molecular weight excluding hydrogens is 229 g/mol. The van der Waals surface area contributed by atoms with E-state index in [1.54, 1.807) is 6.92 Å². The summed E-state index contributed by atoms with van der Waals surface area (Å²) in [7, 11) is 0. The highest BCUT2D eigenvalue weighted by Crippen LogP contribution is 2.39. The number of carbonyl (C=O) groups is 1. The van der Waals surface area contributed by atoms with Crippen LogP contribution in [-0.4, -0.2) is 5.78 Å². The molecule has 1 saturated carbocycles. The van der Waals surface area contributed by atoms with Crippen molar-refractivity contribution in [1.82, 2.24) is 0 Å². The molecule has 0 N–H and O–H groups in total. The van der Waals surface area contributed by atoms with Crippen molar-refractivity contribution in [1.29, 1.82) is 0 Å². The average Bonchev–Trinajstić information content (AvgIpc) is 2.28. The van der Waals surface area contributed by atoms with Crippen LogP contribution in [0, 0.1) is 17.5 Å². The van der Waals surface area contributed by atoms with Gasteiger partial charge in [-0.25, -0.2) is 13.2 Å². The standard InChI is InChI=1S/C13H13F3O/c1-13(4-2-8(17)3-5-13)9-6-11(15)12(16)7-10(9)14/h6-7H,2-5H2,1H3. The quantitative estimate of drug-likeness (QED) is 0.689. The minimum atomic E-state index is -1.18. The van der Waals surface area contributed by atoms with E-state index in [1.165, 1.54) is 0 Å². The Kier molecular flexibility index (Phi) is 2.98. The smallest absolute Gasteiger partial charge is 0.161 e. The third-order valence-electron chi connectivity index (χ3n) is 3.57. The number of carbonyl (C=O) groups excluding carboxylic acids is 1. The normalized spacial score (nSPS) is 19.4. The van der Waals surface area contributed by atoms with E-state index in [0.717, 1.165) is 6.07 Å².